The lowest BCUT2D eigenvalue weighted by Crippen LogP contribution is -2.17. The SMILES string of the molecule is c1ccc2c(c1)Oc1cc(N(c3ccc(-n4c5ccccc5c5ccccc54)cc3)c3ccc4ccccc4c3)ccc1N2c1ccc2c(c1)sc1ccccc12. The van der Waals surface area contributed by atoms with Crippen LogP contribution >= 0.6 is 11.3 Å². The van der Waals surface area contributed by atoms with Crippen molar-refractivity contribution in [3.8, 4) is 17.2 Å². The lowest BCUT2D eigenvalue weighted by molar-refractivity contribution is 0.477. The Kier molecular flexibility index (Phi) is 7.06. The van der Waals surface area contributed by atoms with Crippen molar-refractivity contribution in [1.82, 2.24) is 4.57 Å². The molecule has 5 heteroatoms. The van der Waals surface area contributed by atoms with Crippen LogP contribution in [0.5, 0.6) is 11.5 Å². The fourth-order valence-electron chi connectivity index (χ4n) is 8.73. The molecule has 0 bridgehead atoms. The van der Waals surface area contributed by atoms with Gasteiger partial charge in [0.05, 0.1) is 22.4 Å². The summed E-state index contributed by atoms with van der Waals surface area (Å²) in [6.45, 7) is 0. The highest BCUT2D eigenvalue weighted by Crippen LogP contribution is 2.53. The molecule has 1 aliphatic heterocycles. The van der Waals surface area contributed by atoms with Crippen molar-refractivity contribution in [3.63, 3.8) is 0 Å². The highest BCUT2D eigenvalue weighted by molar-refractivity contribution is 7.25. The topological polar surface area (TPSA) is 20.6 Å². The molecule has 3 heterocycles. The van der Waals surface area contributed by atoms with Crippen LogP contribution in [-0.4, -0.2) is 4.57 Å². The summed E-state index contributed by atoms with van der Waals surface area (Å²) in [7, 11) is 0. The number of aromatic nitrogens is 1. The standard InChI is InChI=1S/C52H33N3OS/c1-2-12-35-31-38(22-21-34(35)11-1)53(36-23-25-37(26-24-36)54-45-16-6-3-13-41(45)42-14-4-7-17-46(42)54)39-28-30-48-50(32-39)56-49-19-9-8-18-47(49)55(48)40-27-29-44-43-15-5-10-20-51(43)57-52(44)33-40/h1-33H. The molecule has 2 aromatic heterocycles. The molecule has 4 nitrogen and oxygen atoms in total. The zero-order chi connectivity index (χ0) is 37.5. The Hall–Kier alpha value is -7.34. The Morgan fingerprint density at radius 1 is 0.386 bits per heavy atom. The Morgan fingerprint density at radius 3 is 1.81 bits per heavy atom. The van der Waals surface area contributed by atoms with Gasteiger partial charge in [0.2, 0.25) is 0 Å². The van der Waals surface area contributed by atoms with E-state index in [9.17, 15) is 0 Å². The highest BCUT2D eigenvalue weighted by Gasteiger charge is 2.28. The molecule has 57 heavy (non-hydrogen) atoms. The van der Waals surface area contributed by atoms with E-state index in [2.05, 4.69) is 208 Å². The summed E-state index contributed by atoms with van der Waals surface area (Å²) in [4.78, 5) is 4.67. The van der Waals surface area contributed by atoms with E-state index >= 15 is 0 Å². The fourth-order valence-corrected chi connectivity index (χ4v) is 9.87. The van der Waals surface area contributed by atoms with Gasteiger partial charge in [0.25, 0.3) is 0 Å². The van der Waals surface area contributed by atoms with Crippen molar-refractivity contribution >= 4 is 98.2 Å². The van der Waals surface area contributed by atoms with Gasteiger partial charge in [0.15, 0.2) is 11.5 Å². The molecule has 0 atom stereocenters. The Balaban J connectivity index is 1.00. The number of ether oxygens (including phenoxy) is 1. The monoisotopic (exact) mass is 747 g/mol. The number of anilines is 6. The van der Waals surface area contributed by atoms with Crippen LogP contribution in [0.3, 0.4) is 0 Å². The van der Waals surface area contributed by atoms with Gasteiger partial charge in [-0.1, -0.05) is 103 Å². The first kappa shape index (κ1) is 32.0. The zero-order valence-corrected chi connectivity index (χ0v) is 31.5. The number of fused-ring (bicyclic) bond motifs is 9. The summed E-state index contributed by atoms with van der Waals surface area (Å²) in [6, 6.07) is 71.9. The third kappa shape index (κ3) is 5.06. The van der Waals surface area contributed by atoms with Crippen LogP contribution in [0.1, 0.15) is 0 Å². The molecule has 0 radical (unpaired) electrons. The second-order valence-corrected chi connectivity index (χ2v) is 15.7. The average Bonchev–Trinajstić information content (AvgIpc) is 3.81. The van der Waals surface area contributed by atoms with Gasteiger partial charge in [-0.25, -0.2) is 0 Å². The lowest BCUT2D eigenvalue weighted by Gasteiger charge is -2.34. The van der Waals surface area contributed by atoms with Crippen molar-refractivity contribution in [2.75, 3.05) is 9.80 Å². The Bertz CT molecular complexity index is 3310. The molecule has 11 aromatic rings. The molecule has 0 saturated heterocycles. The normalized spacial score (nSPS) is 12.3. The summed E-state index contributed by atoms with van der Waals surface area (Å²) in [5, 5.41) is 7.49. The quantitative estimate of drug-likeness (QED) is 0.175. The molecule has 1 aliphatic rings. The number of thiophene rings is 1. The molecule has 12 rings (SSSR count). The predicted octanol–water partition coefficient (Wildman–Crippen LogP) is 15.4. The third-order valence-corrected chi connectivity index (χ3v) is 12.5. The average molecular weight is 748 g/mol. The summed E-state index contributed by atoms with van der Waals surface area (Å²) < 4.78 is 11.7. The maximum Gasteiger partial charge on any atom is 0.153 e. The maximum absolute atomic E-state index is 6.78. The van der Waals surface area contributed by atoms with Crippen molar-refractivity contribution in [2.24, 2.45) is 0 Å². The van der Waals surface area contributed by atoms with E-state index in [1.807, 2.05) is 17.4 Å². The van der Waals surface area contributed by atoms with Crippen LogP contribution in [0.15, 0.2) is 200 Å². The van der Waals surface area contributed by atoms with Gasteiger partial charge < -0.3 is 19.1 Å². The first-order chi connectivity index (χ1) is 28.2. The third-order valence-electron chi connectivity index (χ3n) is 11.3. The van der Waals surface area contributed by atoms with E-state index in [1.165, 1.54) is 52.8 Å². The fraction of sp³-hybridized carbons (Fsp3) is 0. The number of benzene rings is 9. The van der Waals surface area contributed by atoms with E-state index in [4.69, 9.17) is 4.74 Å². The van der Waals surface area contributed by atoms with Crippen molar-refractivity contribution in [2.45, 2.75) is 0 Å². The molecule has 0 amide bonds. The number of hydrogen-bond donors (Lipinski definition) is 0. The largest absolute Gasteiger partial charge is 0.453 e. The van der Waals surface area contributed by atoms with Crippen LogP contribution in [0, 0.1) is 0 Å². The first-order valence-electron chi connectivity index (χ1n) is 19.3. The van der Waals surface area contributed by atoms with Gasteiger partial charge in [0, 0.05) is 65.4 Å². The van der Waals surface area contributed by atoms with Crippen LogP contribution in [0.25, 0.3) is 58.4 Å². The molecular weight excluding hydrogens is 715 g/mol. The van der Waals surface area contributed by atoms with E-state index in [1.54, 1.807) is 0 Å². The Labute approximate surface area is 333 Å². The van der Waals surface area contributed by atoms with Gasteiger partial charge in [-0.15, -0.1) is 11.3 Å². The minimum absolute atomic E-state index is 0.801. The van der Waals surface area contributed by atoms with Crippen LogP contribution in [0.2, 0.25) is 0 Å². The zero-order valence-electron chi connectivity index (χ0n) is 30.7. The van der Waals surface area contributed by atoms with Crippen LogP contribution in [-0.2, 0) is 0 Å². The van der Waals surface area contributed by atoms with Crippen molar-refractivity contribution in [3.05, 3.63) is 200 Å². The molecule has 0 saturated carbocycles. The Morgan fingerprint density at radius 2 is 0.982 bits per heavy atom. The lowest BCUT2D eigenvalue weighted by atomic mass is 10.1. The highest BCUT2D eigenvalue weighted by atomic mass is 32.1. The van der Waals surface area contributed by atoms with Gasteiger partial charge >= 0.3 is 0 Å². The van der Waals surface area contributed by atoms with Crippen molar-refractivity contribution in [1.29, 1.82) is 0 Å². The van der Waals surface area contributed by atoms with Crippen molar-refractivity contribution < 1.29 is 4.74 Å². The van der Waals surface area contributed by atoms with Crippen LogP contribution in [0.4, 0.5) is 34.1 Å². The second-order valence-electron chi connectivity index (χ2n) is 14.6. The van der Waals surface area contributed by atoms with E-state index in [0.717, 1.165) is 51.3 Å². The molecule has 0 spiro atoms. The molecule has 0 unspecified atom stereocenters. The van der Waals surface area contributed by atoms with Gasteiger partial charge in [-0.2, -0.15) is 0 Å². The van der Waals surface area contributed by atoms with E-state index < -0.39 is 0 Å². The minimum Gasteiger partial charge on any atom is -0.453 e. The summed E-state index contributed by atoms with van der Waals surface area (Å²) in [6.07, 6.45) is 0. The number of nitrogens with zero attached hydrogens (tertiary/aromatic N) is 3. The predicted molar refractivity (Wildman–Crippen MR) is 241 cm³/mol. The van der Waals surface area contributed by atoms with E-state index in [0.29, 0.717) is 0 Å². The molecule has 0 fully saturated rings. The molecule has 0 N–H and O–H groups in total. The summed E-state index contributed by atoms with van der Waals surface area (Å²) >= 11 is 1.84. The first-order valence-corrected chi connectivity index (χ1v) is 20.1. The summed E-state index contributed by atoms with van der Waals surface area (Å²) in [5.41, 5.74) is 9.76. The smallest absolute Gasteiger partial charge is 0.153 e. The molecule has 9 aromatic carbocycles. The summed E-state index contributed by atoms with van der Waals surface area (Å²) in [5.74, 6) is 1.63. The van der Waals surface area contributed by atoms with Crippen LogP contribution < -0.4 is 14.5 Å². The number of para-hydroxylation sites is 4. The van der Waals surface area contributed by atoms with Gasteiger partial charge in [-0.05, 0) is 102 Å². The number of rotatable bonds is 5. The van der Waals surface area contributed by atoms with Gasteiger partial charge in [-0.3, -0.25) is 0 Å². The van der Waals surface area contributed by atoms with E-state index in [-0.39, 0.29) is 0 Å². The van der Waals surface area contributed by atoms with Gasteiger partial charge in [0.1, 0.15) is 0 Å². The number of hydrogen-bond acceptors (Lipinski definition) is 4. The second kappa shape index (κ2) is 12.6. The molecular formula is C52H33N3OS. The molecule has 0 aliphatic carbocycles. The maximum atomic E-state index is 6.78. The molecule has 268 valence electrons. The minimum atomic E-state index is 0.801.